The summed E-state index contributed by atoms with van der Waals surface area (Å²) in [4.78, 5) is 11.5. The minimum Gasteiger partial charge on any atom is -0.496 e. The van der Waals surface area contributed by atoms with Gasteiger partial charge in [0.15, 0.2) is 0 Å². The molecule has 1 aromatic heterocycles. The van der Waals surface area contributed by atoms with Crippen LogP contribution in [0.25, 0.3) is 11.1 Å². The molecule has 1 aliphatic heterocycles. The molecular weight excluding hydrogens is 403 g/mol. The zero-order valence-electron chi connectivity index (χ0n) is 17.7. The van der Waals surface area contributed by atoms with Gasteiger partial charge in [-0.2, -0.15) is 0 Å². The smallest absolute Gasteiger partial charge is 0.304 e. The van der Waals surface area contributed by atoms with Gasteiger partial charge in [0.2, 0.25) is 11.8 Å². The Morgan fingerprint density at radius 2 is 2.06 bits per heavy atom. The molecule has 0 saturated carbocycles. The fraction of sp³-hybridized carbons (Fsp3) is 0.348. The molecule has 2 aromatic carbocycles. The molecule has 0 spiro atoms. The van der Waals surface area contributed by atoms with Crippen molar-refractivity contribution in [1.82, 2.24) is 10.2 Å². The molecule has 1 unspecified atom stereocenters. The molecule has 4 rings (SSSR count). The van der Waals surface area contributed by atoms with Crippen molar-refractivity contribution in [2.75, 3.05) is 7.11 Å². The number of halogens is 1. The van der Waals surface area contributed by atoms with Gasteiger partial charge in [0, 0.05) is 13.3 Å². The first kappa shape index (κ1) is 20.8. The Balaban J connectivity index is 1.88. The van der Waals surface area contributed by atoms with E-state index < -0.39 is 23.3 Å². The molecule has 8 heteroatoms. The van der Waals surface area contributed by atoms with Crippen molar-refractivity contribution in [3.05, 3.63) is 59.1 Å². The third kappa shape index (κ3) is 4.10. The third-order valence-corrected chi connectivity index (χ3v) is 5.25. The molecule has 1 atom stereocenters. The molecule has 1 aliphatic rings. The first-order chi connectivity index (χ1) is 14.7. The van der Waals surface area contributed by atoms with Crippen LogP contribution in [0.15, 0.2) is 34.7 Å². The average Bonchev–Trinajstić information content (AvgIpc) is 3.25. The van der Waals surface area contributed by atoms with Gasteiger partial charge in [0.05, 0.1) is 25.0 Å². The topological polar surface area (TPSA) is 94.7 Å². The lowest BCUT2D eigenvalue weighted by Crippen LogP contribution is -2.24. The van der Waals surface area contributed by atoms with E-state index in [9.17, 15) is 14.3 Å². The van der Waals surface area contributed by atoms with Crippen LogP contribution in [0.4, 0.5) is 4.39 Å². The number of hydrogen-bond donors (Lipinski definition) is 1. The Bertz CT molecular complexity index is 1150. The molecule has 162 valence electrons. The molecule has 31 heavy (non-hydrogen) atoms. The summed E-state index contributed by atoms with van der Waals surface area (Å²) < 4.78 is 32.0. The zero-order valence-corrected chi connectivity index (χ0v) is 17.7. The average molecular weight is 426 g/mol. The predicted molar refractivity (Wildman–Crippen MR) is 110 cm³/mol. The molecule has 2 heterocycles. The number of carboxylic acid groups (broad SMARTS) is 1. The van der Waals surface area contributed by atoms with E-state index in [1.54, 1.807) is 20.1 Å². The number of ether oxygens (including phenoxy) is 2. The quantitative estimate of drug-likeness (QED) is 0.619. The Labute approximate surface area is 178 Å². The van der Waals surface area contributed by atoms with Gasteiger partial charge in [-0.15, -0.1) is 10.2 Å². The van der Waals surface area contributed by atoms with E-state index in [-0.39, 0.29) is 12.3 Å². The van der Waals surface area contributed by atoms with Crippen molar-refractivity contribution in [2.45, 2.75) is 45.1 Å². The van der Waals surface area contributed by atoms with Crippen molar-refractivity contribution in [2.24, 2.45) is 0 Å². The predicted octanol–water partition coefficient (Wildman–Crippen LogP) is 4.51. The largest absolute Gasteiger partial charge is 0.496 e. The maximum atomic E-state index is 14.8. The van der Waals surface area contributed by atoms with E-state index in [1.165, 1.54) is 12.1 Å². The first-order valence-corrected chi connectivity index (χ1v) is 9.88. The second-order valence-electron chi connectivity index (χ2n) is 8.25. The molecule has 3 aromatic rings. The molecular formula is C23H23FN2O5. The number of aromatic nitrogens is 2. The van der Waals surface area contributed by atoms with E-state index in [0.717, 1.165) is 5.56 Å². The Morgan fingerprint density at radius 3 is 2.71 bits per heavy atom. The highest BCUT2D eigenvalue weighted by atomic mass is 19.1. The first-order valence-electron chi connectivity index (χ1n) is 9.88. The molecule has 1 N–H and O–H groups in total. The van der Waals surface area contributed by atoms with Gasteiger partial charge in [-0.25, -0.2) is 4.39 Å². The SMILES string of the molecule is COc1ccc2c(c1-c1cc(F)cc(C(CC(=O)O)c3nnc(C)o3)c1)OC(C)(C)C2. The van der Waals surface area contributed by atoms with Crippen molar-refractivity contribution in [3.8, 4) is 22.6 Å². The lowest BCUT2D eigenvalue weighted by atomic mass is 9.91. The second-order valence-corrected chi connectivity index (χ2v) is 8.25. The van der Waals surface area contributed by atoms with Gasteiger partial charge >= 0.3 is 5.97 Å². The molecule has 0 radical (unpaired) electrons. The number of benzene rings is 2. The van der Waals surface area contributed by atoms with Crippen LogP contribution < -0.4 is 9.47 Å². The van der Waals surface area contributed by atoms with Gasteiger partial charge in [-0.3, -0.25) is 4.79 Å². The fourth-order valence-corrected chi connectivity index (χ4v) is 4.01. The van der Waals surface area contributed by atoms with Crippen molar-refractivity contribution in [1.29, 1.82) is 0 Å². The summed E-state index contributed by atoms with van der Waals surface area (Å²) in [5.74, 6) is -0.765. The number of aliphatic carboxylic acids is 1. The van der Waals surface area contributed by atoms with Crippen LogP contribution in [0, 0.1) is 12.7 Å². The zero-order chi connectivity index (χ0) is 22.3. The maximum Gasteiger partial charge on any atom is 0.304 e. The van der Waals surface area contributed by atoms with E-state index in [1.807, 2.05) is 26.0 Å². The van der Waals surface area contributed by atoms with Crippen LogP contribution in [0.3, 0.4) is 0 Å². The number of carboxylic acids is 1. The monoisotopic (exact) mass is 426 g/mol. The van der Waals surface area contributed by atoms with Crippen LogP contribution in [-0.2, 0) is 11.2 Å². The second kappa shape index (κ2) is 7.68. The number of fused-ring (bicyclic) bond motifs is 1. The molecule has 7 nitrogen and oxygen atoms in total. The summed E-state index contributed by atoms with van der Waals surface area (Å²) in [5.41, 5.74) is 2.17. The molecule has 0 aliphatic carbocycles. The van der Waals surface area contributed by atoms with Crippen molar-refractivity contribution < 1.29 is 28.2 Å². The van der Waals surface area contributed by atoms with Crippen molar-refractivity contribution in [3.63, 3.8) is 0 Å². The number of aryl methyl sites for hydroxylation is 1. The Hall–Kier alpha value is -3.42. The lowest BCUT2D eigenvalue weighted by molar-refractivity contribution is -0.137. The van der Waals surface area contributed by atoms with E-state index in [0.29, 0.717) is 40.5 Å². The van der Waals surface area contributed by atoms with Gasteiger partial charge in [-0.05, 0) is 54.8 Å². The summed E-state index contributed by atoms with van der Waals surface area (Å²) in [5, 5.41) is 17.2. The number of methoxy groups -OCH3 is 1. The van der Waals surface area contributed by atoms with Crippen LogP contribution in [0.1, 0.15) is 49.1 Å². The molecule has 0 bridgehead atoms. The third-order valence-electron chi connectivity index (χ3n) is 5.25. The Kier molecular flexibility index (Phi) is 5.16. The summed E-state index contributed by atoms with van der Waals surface area (Å²) in [6.45, 7) is 5.59. The highest BCUT2D eigenvalue weighted by molar-refractivity contribution is 5.80. The molecule has 0 saturated heterocycles. The van der Waals surface area contributed by atoms with Gasteiger partial charge in [0.25, 0.3) is 0 Å². The summed E-state index contributed by atoms with van der Waals surface area (Å²) >= 11 is 0. The van der Waals surface area contributed by atoms with Gasteiger partial charge < -0.3 is 19.0 Å². The van der Waals surface area contributed by atoms with E-state index in [4.69, 9.17) is 13.9 Å². The summed E-state index contributed by atoms with van der Waals surface area (Å²) in [6, 6.07) is 8.17. The van der Waals surface area contributed by atoms with Crippen LogP contribution in [0.5, 0.6) is 11.5 Å². The highest BCUT2D eigenvalue weighted by Crippen LogP contribution is 2.47. The molecule has 0 amide bonds. The lowest BCUT2D eigenvalue weighted by Gasteiger charge is -2.20. The number of rotatable bonds is 6. The van der Waals surface area contributed by atoms with E-state index in [2.05, 4.69) is 10.2 Å². The van der Waals surface area contributed by atoms with Gasteiger partial charge in [0.1, 0.15) is 22.9 Å². The summed E-state index contributed by atoms with van der Waals surface area (Å²) in [7, 11) is 1.54. The number of hydrogen-bond acceptors (Lipinski definition) is 6. The van der Waals surface area contributed by atoms with Crippen LogP contribution in [0.2, 0.25) is 0 Å². The molecule has 0 fully saturated rings. The minimum absolute atomic E-state index is 0.124. The normalized spacial score (nSPS) is 15.3. The maximum absolute atomic E-state index is 14.8. The number of carbonyl (C=O) groups is 1. The fourth-order valence-electron chi connectivity index (χ4n) is 4.01. The minimum atomic E-state index is -1.06. The van der Waals surface area contributed by atoms with Gasteiger partial charge in [-0.1, -0.05) is 6.07 Å². The van der Waals surface area contributed by atoms with E-state index >= 15 is 0 Å². The highest BCUT2D eigenvalue weighted by Gasteiger charge is 2.34. The van der Waals surface area contributed by atoms with Crippen LogP contribution in [-0.4, -0.2) is 34.0 Å². The summed E-state index contributed by atoms with van der Waals surface area (Å²) in [6.07, 6.45) is 0.391. The number of nitrogens with zero attached hydrogens (tertiary/aromatic N) is 2. The standard InChI is InChI=1S/C23H23FN2O5/c1-12-25-26-22(30-12)17(10-19(27)28)14-7-15(9-16(24)8-14)20-18(29-4)6-5-13-11-23(2,3)31-21(13)20/h5-9,17H,10-11H2,1-4H3,(H,27,28). The van der Waals surface area contributed by atoms with Crippen LogP contribution >= 0.6 is 0 Å². The van der Waals surface area contributed by atoms with Crippen molar-refractivity contribution >= 4 is 5.97 Å². The Morgan fingerprint density at radius 1 is 1.29 bits per heavy atom.